The van der Waals surface area contributed by atoms with Crippen molar-refractivity contribution in [1.82, 2.24) is 28.7 Å². The molecule has 113 heavy (non-hydrogen) atoms. The van der Waals surface area contributed by atoms with E-state index in [0.29, 0.717) is 96.0 Å². The lowest BCUT2D eigenvalue weighted by atomic mass is 10.1. The Balaban J connectivity index is 0.000000331. The number of rotatable bonds is 18. The molecule has 0 N–H and O–H groups in total. The number of hydrogen-bond donors (Lipinski definition) is 0. The predicted octanol–water partition coefficient (Wildman–Crippen LogP) is 22.3. The summed E-state index contributed by atoms with van der Waals surface area (Å²) in [7, 11) is 4.55. The third-order valence-corrected chi connectivity index (χ3v) is 20.8. The number of nitrogens with zero attached hydrogens (tertiary/aromatic N) is 15. The van der Waals surface area contributed by atoms with Gasteiger partial charge in [-0.2, -0.15) is 9.13 Å². The molecule has 16 nitrogen and oxygen atoms in total. The molecule has 11 aromatic heterocycles. The van der Waals surface area contributed by atoms with Crippen LogP contribution in [-0.2, 0) is 0 Å². The zero-order valence-electron chi connectivity index (χ0n) is 78.3. The van der Waals surface area contributed by atoms with Gasteiger partial charge in [0.15, 0.2) is 84.8 Å². The average Bonchev–Trinajstić information content (AvgIpc) is 1.68. The van der Waals surface area contributed by atoms with Gasteiger partial charge in [-0.05, 0) is 239 Å². The lowest BCUT2D eigenvalue weighted by molar-refractivity contribution is -0.931. The Hall–Kier alpha value is -8.37. The molecule has 0 spiro atoms. The largest absolute Gasteiger partial charge is 0.401 e. The Bertz CT molecular complexity index is 4150. The lowest BCUT2D eigenvalue weighted by Gasteiger charge is -2.38. The summed E-state index contributed by atoms with van der Waals surface area (Å²) in [6.45, 7) is 79.0. The number of oxazole rings is 1. The Morgan fingerprint density at radius 3 is 1.29 bits per heavy atom. The predicted molar refractivity (Wildman–Crippen MR) is 472 cm³/mol. The van der Waals surface area contributed by atoms with Crippen LogP contribution in [0.5, 0.6) is 0 Å². The van der Waals surface area contributed by atoms with Gasteiger partial charge in [-0.3, -0.25) is 0 Å². The van der Waals surface area contributed by atoms with E-state index in [4.69, 9.17) is 4.42 Å². The highest BCUT2D eigenvalue weighted by Crippen LogP contribution is 2.22. The Morgan fingerprint density at radius 1 is 0.363 bits per heavy atom. The normalized spacial score (nSPS) is 11.6. The maximum Gasteiger partial charge on any atom is 0.401 e. The van der Waals surface area contributed by atoms with Crippen LogP contribution in [-0.4, -0.2) is 59.3 Å². The minimum atomic E-state index is 0.331. The second-order valence-electron chi connectivity index (χ2n) is 35.9. The first-order chi connectivity index (χ1) is 52.8. The van der Waals surface area contributed by atoms with E-state index in [0.717, 1.165) is 39.3 Å². The van der Waals surface area contributed by atoms with Crippen LogP contribution in [0.1, 0.15) is 374 Å². The van der Waals surface area contributed by atoms with Crippen LogP contribution >= 0.6 is 0 Å². The summed E-state index contributed by atoms with van der Waals surface area (Å²) in [5, 5.41) is 0. The number of fused-ring (bicyclic) bond motifs is 3. The van der Waals surface area contributed by atoms with Crippen molar-refractivity contribution in [1.29, 1.82) is 0 Å². The summed E-state index contributed by atoms with van der Waals surface area (Å²) in [4.78, 5) is 13.1. The van der Waals surface area contributed by atoms with Gasteiger partial charge in [0.2, 0.25) is 24.1 Å². The van der Waals surface area contributed by atoms with Crippen molar-refractivity contribution in [3.05, 3.63) is 213 Å². The van der Waals surface area contributed by atoms with Crippen molar-refractivity contribution >= 4 is 33.4 Å². The molecular weight excluding hydrogens is 1390 g/mol. The number of imidazole rings is 2. The van der Waals surface area contributed by atoms with E-state index in [-0.39, 0.29) is 0 Å². The molecule has 0 fully saturated rings. The summed E-state index contributed by atoms with van der Waals surface area (Å²) >= 11 is 0. The zero-order valence-corrected chi connectivity index (χ0v) is 78.3. The van der Waals surface area contributed by atoms with Gasteiger partial charge in [-0.25, -0.2) is 37.0 Å². The van der Waals surface area contributed by atoms with E-state index in [2.05, 4.69) is 476 Å². The highest BCUT2D eigenvalue weighted by atomic mass is 16.4. The molecule has 0 amide bonds. The Labute approximate surface area is 687 Å². The Kier molecular flexibility index (Phi) is 41.5. The van der Waals surface area contributed by atoms with E-state index in [1.807, 2.05) is 37.2 Å². The lowest BCUT2D eigenvalue weighted by Crippen LogP contribution is -2.50. The molecule has 0 saturated carbocycles. The molecule has 16 heteroatoms. The molecule has 0 aliphatic carbocycles. The summed E-state index contributed by atoms with van der Waals surface area (Å²) < 4.78 is 31.4. The van der Waals surface area contributed by atoms with Gasteiger partial charge in [0.1, 0.15) is 29.6 Å². The third kappa shape index (κ3) is 31.1. The molecule has 0 aromatic carbocycles. The van der Waals surface area contributed by atoms with Gasteiger partial charge in [0.25, 0.3) is 6.33 Å². The fourth-order valence-corrected chi connectivity index (χ4v) is 11.9. The zero-order chi connectivity index (χ0) is 85.6. The number of pyridine rings is 6. The van der Waals surface area contributed by atoms with Crippen molar-refractivity contribution in [2.24, 2.45) is 0 Å². The number of aromatic nitrogens is 14. The smallest absolute Gasteiger partial charge is 0.388 e. The molecular formula is C97H162N15O+9. The summed E-state index contributed by atoms with van der Waals surface area (Å²) in [5.74, 6) is 3.56. The van der Waals surface area contributed by atoms with E-state index in [1.54, 1.807) is 0 Å². The standard InChI is InChI=1S/C13H19N2.C12H18N3.C12H17N2O.3C11H18N.C10H17N2.C9H17N2.C8H20N/c1-10(2)14-8-5-6-12-13(14)7-9-15(12)11(3)4;1-9(2)14-7-5-6-11-12(14)13-8-15(11)10(3)4;1-8(2)11-13-10-6-5-7-14(9(3)4)12(10)15-11;1-9(2)11-5-7-12(8-6-11)10(3)4;1-9(2)11-6-5-7-12(8-11)10(3)4;1-9(2)11-7-5-6-8-12(11)10(3)4;1-8(2)10-5-11-7-12(6-10)9(3)4;1-8(2)10-5-6-11(7-10)9(3)4;1-7(2)9(5,6)8(3)4/h5-11H,1-4H3;5-10H,1-4H3;5-9H,1-4H3;3*5-10H,1-4H3;5-9H,1-4H3;5-9H,1-4H3;7-8H,1-6H3/q9*+1. The molecule has 11 aromatic rings. The summed E-state index contributed by atoms with van der Waals surface area (Å²) in [5.41, 5.74) is 12.3. The van der Waals surface area contributed by atoms with Crippen LogP contribution in [0.3, 0.4) is 0 Å². The molecule has 0 aliphatic heterocycles. The third-order valence-electron chi connectivity index (χ3n) is 20.8. The van der Waals surface area contributed by atoms with E-state index in [1.165, 1.54) is 38.9 Å². The highest BCUT2D eigenvalue weighted by molar-refractivity contribution is 5.72. The molecule has 622 valence electrons. The van der Waals surface area contributed by atoms with Crippen LogP contribution in [0.15, 0.2) is 189 Å². The van der Waals surface area contributed by atoms with Gasteiger partial charge in [-0.1, -0.05) is 80.3 Å². The first-order valence-corrected chi connectivity index (χ1v) is 42.7. The molecule has 0 radical (unpaired) electrons. The summed E-state index contributed by atoms with van der Waals surface area (Å²) in [6, 6.07) is 36.9. The molecule has 11 rings (SSSR count). The van der Waals surface area contributed by atoms with Crippen LogP contribution in [0.25, 0.3) is 33.4 Å². The van der Waals surface area contributed by atoms with Gasteiger partial charge in [-0.15, -0.1) is 0 Å². The maximum atomic E-state index is 5.77. The van der Waals surface area contributed by atoms with Gasteiger partial charge in [0, 0.05) is 89.8 Å². The fourth-order valence-electron chi connectivity index (χ4n) is 11.9. The van der Waals surface area contributed by atoms with Gasteiger partial charge < -0.3 is 18.0 Å². The van der Waals surface area contributed by atoms with Crippen molar-refractivity contribution in [2.75, 3.05) is 14.1 Å². The molecule has 0 unspecified atom stereocenters. The second kappa shape index (κ2) is 47.5. The fraction of sp³-hybridized carbons (Fsp3) is 0.577. The number of hydrogen-bond acceptors (Lipinski definition) is 4. The highest BCUT2D eigenvalue weighted by Gasteiger charge is 2.25. The first kappa shape index (κ1) is 98.8. The first-order valence-electron chi connectivity index (χ1n) is 42.7. The molecule has 0 bridgehead atoms. The van der Waals surface area contributed by atoms with Crippen LogP contribution in [0.4, 0.5) is 0 Å². The van der Waals surface area contributed by atoms with Crippen molar-refractivity contribution in [3.8, 4) is 0 Å². The Morgan fingerprint density at radius 2 is 0.850 bits per heavy atom. The van der Waals surface area contributed by atoms with Crippen LogP contribution in [0, 0.1) is 0 Å². The molecule has 0 saturated heterocycles. The summed E-state index contributed by atoms with van der Waals surface area (Å²) in [6.07, 6.45) is 33.5. The molecule has 0 aliphatic rings. The molecule has 0 atom stereocenters. The SMILES string of the molecule is CC(C)[N+](C)(C)C(C)C.CC(C)c1cc[n+](C(C)C)cc1.CC(C)c1ccc[n+](C(C)C)c1.CC(C)c1cccc[n+]1C(C)C.CC(C)c1cnc[n+](C(C)C)c1.CC(C)c1nc2ccc[n+](C(C)C)c2o1.CC(C)n1cc[n+](C(C)C)c1.CC(C)n1ccc2c1ccc[n+]2C(C)C.CC(C)n1cnc2c1ccc[n+]2C(C)C. The van der Waals surface area contributed by atoms with E-state index < -0.39 is 0 Å². The monoisotopic (exact) mass is 1550 g/mol. The topological polar surface area (TPSA) is 97.6 Å². The van der Waals surface area contributed by atoms with Gasteiger partial charge in [0.05, 0.1) is 62.7 Å². The van der Waals surface area contributed by atoms with E-state index >= 15 is 0 Å². The number of quaternary nitrogens is 1. The van der Waals surface area contributed by atoms with E-state index in [9.17, 15) is 0 Å². The average molecular weight is 1550 g/mol. The minimum Gasteiger partial charge on any atom is -0.388 e. The van der Waals surface area contributed by atoms with Gasteiger partial charge >= 0.3 is 11.4 Å². The quantitative estimate of drug-likeness (QED) is 0.0631. The van der Waals surface area contributed by atoms with Crippen molar-refractivity contribution in [3.63, 3.8) is 0 Å². The second-order valence-corrected chi connectivity index (χ2v) is 35.9. The van der Waals surface area contributed by atoms with Crippen molar-refractivity contribution in [2.45, 2.75) is 357 Å². The minimum absolute atomic E-state index is 0.331. The van der Waals surface area contributed by atoms with Crippen LogP contribution in [0.2, 0.25) is 0 Å². The van der Waals surface area contributed by atoms with Crippen LogP contribution < -0.4 is 36.5 Å². The van der Waals surface area contributed by atoms with Crippen molar-refractivity contribution < 1.29 is 45.4 Å². The maximum absolute atomic E-state index is 5.77. The molecule has 11 heterocycles.